The van der Waals surface area contributed by atoms with E-state index >= 15 is 0 Å². The summed E-state index contributed by atoms with van der Waals surface area (Å²) in [6.07, 6.45) is 1.98. The van der Waals surface area contributed by atoms with Gasteiger partial charge in [-0.25, -0.2) is 4.57 Å². The van der Waals surface area contributed by atoms with Gasteiger partial charge in [-0.1, -0.05) is 28.9 Å². The molecule has 3 rings (SSSR count). The molecule has 0 saturated heterocycles. The summed E-state index contributed by atoms with van der Waals surface area (Å²) >= 11 is 0. The van der Waals surface area contributed by atoms with Gasteiger partial charge in [0.25, 0.3) is 6.33 Å². The summed E-state index contributed by atoms with van der Waals surface area (Å²) in [5.74, 6) is 0.900. The molecule has 0 unspecified atom stereocenters. The number of para-hydroxylation sites is 1. The zero-order valence-corrected chi connectivity index (χ0v) is 13.8. The van der Waals surface area contributed by atoms with Crippen molar-refractivity contribution in [1.82, 2.24) is 9.67 Å². The first-order chi connectivity index (χ1) is 9.25. The summed E-state index contributed by atoms with van der Waals surface area (Å²) in [5, 5.41) is 4.55. The number of hydrogen-bond acceptors (Lipinski definition) is 1. The van der Waals surface area contributed by atoms with Crippen molar-refractivity contribution in [2.45, 2.75) is 6.92 Å². The molecule has 0 aliphatic heterocycles. The number of nitrogens with zero attached hydrogens (tertiary/aromatic N) is 3. The number of aryl methyl sites for hydroxylation is 2. The van der Waals surface area contributed by atoms with Crippen LogP contribution in [-0.4, -0.2) is 9.67 Å². The molecule has 0 atom stereocenters. The third-order valence-electron chi connectivity index (χ3n) is 3.09. The van der Waals surface area contributed by atoms with Gasteiger partial charge in [-0.3, -0.25) is 0 Å². The van der Waals surface area contributed by atoms with E-state index in [1.807, 2.05) is 54.5 Å². The summed E-state index contributed by atoms with van der Waals surface area (Å²) in [7, 11) is 1.93. The van der Waals surface area contributed by atoms with Gasteiger partial charge in [-0.15, -0.1) is 35.0 Å². The van der Waals surface area contributed by atoms with Crippen LogP contribution >= 0.6 is 0 Å². The van der Waals surface area contributed by atoms with E-state index in [0.29, 0.717) is 0 Å². The van der Waals surface area contributed by atoms with E-state index in [1.165, 1.54) is 5.56 Å². The summed E-state index contributed by atoms with van der Waals surface area (Å²) in [4.78, 5) is 0. The van der Waals surface area contributed by atoms with Gasteiger partial charge in [0, 0.05) is 20.1 Å². The molecule has 103 valence electrons. The normalized spacial score (nSPS) is 10.1. The smallest absolute Gasteiger partial charge is 0.218 e. The van der Waals surface area contributed by atoms with Crippen molar-refractivity contribution >= 4 is 0 Å². The van der Waals surface area contributed by atoms with Crippen LogP contribution in [0.15, 0.2) is 54.9 Å². The first-order valence-electron chi connectivity index (χ1n) is 6.24. The van der Waals surface area contributed by atoms with Gasteiger partial charge in [0.1, 0.15) is 12.7 Å². The van der Waals surface area contributed by atoms with Crippen molar-refractivity contribution < 1.29 is 24.8 Å². The molecule has 0 bridgehead atoms. The predicted octanol–water partition coefficient (Wildman–Crippen LogP) is 2.47. The van der Waals surface area contributed by atoms with Crippen LogP contribution in [0.4, 0.5) is 0 Å². The molecule has 0 saturated carbocycles. The molecule has 1 aromatic heterocycles. The maximum absolute atomic E-state index is 4.55. The molecule has 0 fully saturated rings. The fourth-order valence-corrected chi connectivity index (χ4v) is 2.17. The van der Waals surface area contributed by atoms with Crippen molar-refractivity contribution in [2.24, 2.45) is 7.05 Å². The Morgan fingerprint density at radius 3 is 2.55 bits per heavy atom. The second-order valence-electron chi connectivity index (χ2n) is 4.55. The number of rotatable bonds is 2. The molecular formula is C16H15IrN3. The van der Waals surface area contributed by atoms with Gasteiger partial charge in [0.2, 0.25) is 0 Å². The van der Waals surface area contributed by atoms with Crippen LogP contribution in [0.3, 0.4) is 0 Å². The minimum absolute atomic E-state index is 0. The van der Waals surface area contributed by atoms with Crippen LogP contribution in [0.1, 0.15) is 5.56 Å². The first-order valence-corrected chi connectivity index (χ1v) is 6.24. The van der Waals surface area contributed by atoms with Crippen LogP contribution < -0.4 is 4.68 Å². The van der Waals surface area contributed by atoms with E-state index in [0.717, 1.165) is 17.1 Å². The van der Waals surface area contributed by atoms with Crippen molar-refractivity contribution in [3.63, 3.8) is 0 Å². The van der Waals surface area contributed by atoms with Crippen LogP contribution in [0.25, 0.3) is 17.1 Å². The third kappa shape index (κ3) is 2.72. The average Bonchev–Trinajstić information content (AvgIpc) is 2.82. The Hall–Kier alpha value is -1.77. The standard InChI is InChI=1S/C16H15N3.Ir/c1-13-8-6-7-11-15(13)19-12-18(2)17-16(19)14-9-4-3-5-10-14;/h3-9,11-12H,1-2H3;. The van der Waals surface area contributed by atoms with Gasteiger partial charge in [-0.05, 0) is 18.6 Å². The van der Waals surface area contributed by atoms with E-state index in [2.05, 4.69) is 34.8 Å². The van der Waals surface area contributed by atoms with Gasteiger partial charge < -0.3 is 0 Å². The minimum Gasteiger partial charge on any atom is -0.218 e. The monoisotopic (exact) mass is 442 g/mol. The number of benzene rings is 2. The molecule has 0 spiro atoms. The van der Waals surface area contributed by atoms with Gasteiger partial charge in [0.15, 0.2) is 5.82 Å². The van der Waals surface area contributed by atoms with Crippen LogP contribution in [0.2, 0.25) is 0 Å². The number of aromatic nitrogens is 3. The molecule has 3 aromatic rings. The second kappa shape index (κ2) is 6.12. The van der Waals surface area contributed by atoms with Crippen LogP contribution in [0, 0.1) is 13.0 Å². The predicted molar refractivity (Wildman–Crippen MR) is 73.7 cm³/mol. The quantitative estimate of drug-likeness (QED) is 0.442. The van der Waals surface area contributed by atoms with Gasteiger partial charge in [0.05, 0.1) is 0 Å². The Bertz CT molecular complexity index is 705. The number of hydrogen-bond donors (Lipinski definition) is 0. The molecule has 20 heavy (non-hydrogen) atoms. The Morgan fingerprint density at radius 1 is 1.10 bits per heavy atom. The molecular weight excluding hydrogens is 426 g/mol. The molecule has 3 nitrogen and oxygen atoms in total. The zero-order chi connectivity index (χ0) is 13.2. The molecule has 0 N–H and O–H groups in total. The van der Waals surface area contributed by atoms with Crippen molar-refractivity contribution in [3.8, 4) is 17.1 Å². The Balaban J connectivity index is 0.00000147. The molecule has 4 heteroatoms. The Kier molecular flexibility index (Phi) is 4.48. The molecule has 2 aromatic carbocycles. The van der Waals surface area contributed by atoms with Crippen molar-refractivity contribution in [3.05, 3.63) is 66.5 Å². The maximum atomic E-state index is 4.55. The fraction of sp³-hybridized carbons (Fsp3) is 0.125. The third-order valence-corrected chi connectivity index (χ3v) is 3.09. The molecule has 1 radical (unpaired) electrons. The van der Waals surface area contributed by atoms with Gasteiger partial charge in [-0.2, -0.15) is 0 Å². The summed E-state index contributed by atoms with van der Waals surface area (Å²) in [6, 6.07) is 19.4. The van der Waals surface area contributed by atoms with E-state index in [1.54, 1.807) is 0 Å². The summed E-state index contributed by atoms with van der Waals surface area (Å²) in [6.45, 7) is 2.10. The zero-order valence-electron chi connectivity index (χ0n) is 11.4. The van der Waals surface area contributed by atoms with Crippen LogP contribution in [-0.2, 0) is 27.2 Å². The topological polar surface area (TPSA) is 21.7 Å². The SMILES string of the molecule is Cc1ccccc1-n1c[n+](C)nc1-c1[c-]cccc1.[Ir]. The van der Waals surface area contributed by atoms with E-state index < -0.39 is 0 Å². The van der Waals surface area contributed by atoms with E-state index in [9.17, 15) is 0 Å². The Morgan fingerprint density at radius 2 is 1.85 bits per heavy atom. The van der Waals surface area contributed by atoms with Crippen molar-refractivity contribution in [1.29, 1.82) is 0 Å². The fourth-order valence-electron chi connectivity index (χ4n) is 2.17. The van der Waals surface area contributed by atoms with Crippen LogP contribution in [0.5, 0.6) is 0 Å². The van der Waals surface area contributed by atoms with E-state index in [-0.39, 0.29) is 20.1 Å². The molecule has 0 aliphatic carbocycles. The average molecular weight is 442 g/mol. The van der Waals surface area contributed by atoms with E-state index in [4.69, 9.17) is 0 Å². The van der Waals surface area contributed by atoms with Crippen molar-refractivity contribution in [2.75, 3.05) is 0 Å². The molecule has 0 amide bonds. The molecule has 1 heterocycles. The summed E-state index contributed by atoms with van der Waals surface area (Å²) in [5.41, 5.74) is 3.35. The van der Waals surface area contributed by atoms with Gasteiger partial charge >= 0.3 is 0 Å². The summed E-state index contributed by atoms with van der Waals surface area (Å²) < 4.78 is 3.92. The Labute approximate surface area is 132 Å². The second-order valence-corrected chi connectivity index (χ2v) is 4.55. The molecule has 0 aliphatic rings. The largest absolute Gasteiger partial charge is 0.261 e. The first kappa shape index (κ1) is 14.6. The minimum atomic E-state index is 0. The maximum Gasteiger partial charge on any atom is 0.261 e.